The molecule has 0 aliphatic heterocycles. The summed E-state index contributed by atoms with van der Waals surface area (Å²) >= 11 is 0. The third-order valence-electron chi connectivity index (χ3n) is 2.78. The normalized spacial score (nSPS) is 10.4. The van der Waals surface area contributed by atoms with Crippen molar-refractivity contribution < 1.29 is 4.79 Å². The molecule has 0 aliphatic carbocycles. The van der Waals surface area contributed by atoms with Crippen LogP contribution in [-0.4, -0.2) is 10.9 Å². The van der Waals surface area contributed by atoms with E-state index in [1.54, 1.807) is 0 Å². The van der Waals surface area contributed by atoms with Crippen molar-refractivity contribution in [2.24, 2.45) is 0 Å². The number of carbonyl (C=O) groups is 1. The molecule has 0 spiro atoms. The number of hydrogen-bond donors (Lipinski definition) is 0. The van der Waals surface area contributed by atoms with Crippen molar-refractivity contribution >= 4 is 6.29 Å². The molecule has 0 N–H and O–H groups in total. The lowest BCUT2D eigenvalue weighted by Crippen LogP contribution is -2.03. The maximum Gasteiger partial charge on any atom is 0.166 e. The van der Waals surface area contributed by atoms with Crippen LogP contribution in [0.3, 0.4) is 0 Å². The average Bonchev–Trinajstić information content (AvgIpc) is 2.64. The summed E-state index contributed by atoms with van der Waals surface area (Å²) < 4.78 is 1.94. The summed E-state index contributed by atoms with van der Waals surface area (Å²) in [7, 11) is 0. The Morgan fingerprint density at radius 3 is 2.31 bits per heavy atom. The van der Waals surface area contributed by atoms with E-state index in [4.69, 9.17) is 0 Å². The zero-order valence-electron chi connectivity index (χ0n) is 9.82. The molecule has 0 atom stereocenters. The zero-order chi connectivity index (χ0) is 11.7. The second kappa shape index (κ2) is 3.97. The number of nitrogens with zero attached hydrogens (tertiary/aromatic N) is 1. The molecule has 0 unspecified atom stereocenters. The van der Waals surface area contributed by atoms with E-state index in [2.05, 4.69) is 32.9 Å². The van der Waals surface area contributed by atoms with E-state index in [1.807, 2.05) is 22.9 Å². The van der Waals surface area contributed by atoms with E-state index in [1.165, 1.54) is 16.7 Å². The molecule has 1 heterocycles. The molecule has 2 nitrogen and oxygen atoms in total. The highest BCUT2D eigenvalue weighted by molar-refractivity contribution is 5.74. The van der Waals surface area contributed by atoms with Crippen LogP contribution >= 0.6 is 0 Å². The van der Waals surface area contributed by atoms with Gasteiger partial charge in [0.25, 0.3) is 0 Å². The highest BCUT2D eigenvalue weighted by Gasteiger charge is 2.08. The minimum absolute atomic E-state index is 0.690. The Morgan fingerprint density at radius 2 is 1.75 bits per heavy atom. The summed E-state index contributed by atoms with van der Waals surface area (Å²) in [5.74, 6) is 0. The topological polar surface area (TPSA) is 22.0 Å². The molecule has 2 heteroatoms. The Balaban J connectivity index is 2.69. The van der Waals surface area contributed by atoms with Gasteiger partial charge < -0.3 is 4.57 Å². The van der Waals surface area contributed by atoms with Crippen LogP contribution in [0.4, 0.5) is 0 Å². The summed E-state index contributed by atoms with van der Waals surface area (Å²) in [4.78, 5) is 10.9. The van der Waals surface area contributed by atoms with E-state index in [0.29, 0.717) is 5.69 Å². The molecule has 0 saturated heterocycles. The fourth-order valence-corrected chi connectivity index (χ4v) is 2.25. The molecular weight excluding hydrogens is 198 g/mol. The summed E-state index contributed by atoms with van der Waals surface area (Å²) in [5.41, 5.74) is 5.43. The molecule has 0 aliphatic rings. The number of carbonyl (C=O) groups excluding carboxylic acids is 1. The molecule has 2 aromatic rings. The van der Waals surface area contributed by atoms with Crippen LogP contribution in [0.5, 0.6) is 0 Å². The van der Waals surface area contributed by atoms with E-state index in [-0.39, 0.29) is 0 Å². The monoisotopic (exact) mass is 213 g/mol. The standard InChI is InChI=1S/C14H15NO/c1-10-7-11(2)14(12(3)8-10)15-6-4-5-13(15)9-16/h4-9H,1-3H3. The molecule has 0 radical (unpaired) electrons. The smallest absolute Gasteiger partial charge is 0.166 e. The molecular formula is C14H15NO. The van der Waals surface area contributed by atoms with Gasteiger partial charge >= 0.3 is 0 Å². The molecule has 0 bridgehead atoms. The van der Waals surface area contributed by atoms with Crippen molar-refractivity contribution in [3.8, 4) is 5.69 Å². The van der Waals surface area contributed by atoms with E-state index < -0.39 is 0 Å². The maximum atomic E-state index is 10.9. The molecule has 2 rings (SSSR count). The van der Waals surface area contributed by atoms with Crippen LogP contribution in [0.25, 0.3) is 5.69 Å². The fraction of sp³-hybridized carbons (Fsp3) is 0.214. The molecule has 1 aromatic heterocycles. The van der Waals surface area contributed by atoms with Gasteiger partial charge in [-0.05, 0) is 44.0 Å². The molecule has 0 fully saturated rings. The van der Waals surface area contributed by atoms with Gasteiger partial charge in [0.1, 0.15) is 0 Å². The number of benzene rings is 1. The highest BCUT2D eigenvalue weighted by atomic mass is 16.1. The predicted molar refractivity (Wildman–Crippen MR) is 65.4 cm³/mol. The summed E-state index contributed by atoms with van der Waals surface area (Å²) in [6.45, 7) is 6.23. The molecule has 0 amide bonds. The van der Waals surface area contributed by atoms with Crippen LogP contribution in [0.2, 0.25) is 0 Å². The second-order valence-corrected chi connectivity index (χ2v) is 4.17. The Bertz CT molecular complexity index is 514. The predicted octanol–water partition coefficient (Wildman–Crippen LogP) is 3.22. The first kappa shape index (κ1) is 10.7. The van der Waals surface area contributed by atoms with Crippen LogP contribution < -0.4 is 0 Å². The minimum Gasteiger partial charge on any atom is -0.314 e. The average molecular weight is 213 g/mol. The number of aldehydes is 1. The molecule has 1 aromatic carbocycles. The lowest BCUT2D eigenvalue weighted by Gasteiger charge is -2.13. The Morgan fingerprint density at radius 1 is 1.12 bits per heavy atom. The molecule has 16 heavy (non-hydrogen) atoms. The Hall–Kier alpha value is -1.83. The summed E-state index contributed by atoms with van der Waals surface area (Å²) in [6.07, 6.45) is 2.81. The van der Waals surface area contributed by atoms with Gasteiger partial charge in [-0.3, -0.25) is 4.79 Å². The van der Waals surface area contributed by atoms with Gasteiger partial charge in [0.2, 0.25) is 0 Å². The van der Waals surface area contributed by atoms with Crippen molar-refractivity contribution in [2.75, 3.05) is 0 Å². The Kier molecular flexibility index (Phi) is 2.65. The van der Waals surface area contributed by atoms with Gasteiger partial charge in [-0.2, -0.15) is 0 Å². The van der Waals surface area contributed by atoms with E-state index in [0.717, 1.165) is 12.0 Å². The van der Waals surface area contributed by atoms with Crippen LogP contribution in [0.1, 0.15) is 27.2 Å². The first-order valence-electron chi connectivity index (χ1n) is 5.34. The maximum absolute atomic E-state index is 10.9. The van der Waals surface area contributed by atoms with Crippen LogP contribution in [0, 0.1) is 20.8 Å². The number of aromatic nitrogens is 1. The first-order chi connectivity index (χ1) is 7.63. The number of aryl methyl sites for hydroxylation is 3. The lowest BCUT2D eigenvalue weighted by molar-refractivity contribution is 0.111. The highest BCUT2D eigenvalue weighted by Crippen LogP contribution is 2.22. The fourth-order valence-electron chi connectivity index (χ4n) is 2.25. The van der Waals surface area contributed by atoms with Crippen molar-refractivity contribution in [3.05, 3.63) is 52.8 Å². The van der Waals surface area contributed by atoms with Gasteiger partial charge in [0.15, 0.2) is 6.29 Å². The molecule has 0 saturated carbocycles. The molecule has 82 valence electrons. The minimum atomic E-state index is 0.690. The SMILES string of the molecule is Cc1cc(C)c(-n2cccc2C=O)c(C)c1. The van der Waals surface area contributed by atoms with Gasteiger partial charge in [-0.25, -0.2) is 0 Å². The number of hydrogen-bond acceptors (Lipinski definition) is 1. The third kappa shape index (κ3) is 1.67. The summed E-state index contributed by atoms with van der Waals surface area (Å²) in [5, 5.41) is 0. The van der Waals surface area contributed by atoms with Gasteiger partial charge in [0.05, 0.1) is 11.4 Å². The van der Waals surface area contributed by atoms with Gasteiger partial charge in [-0.1, -0.05) is 17.7 Å². The van der Waals surface area contributed by atoms with E-state index in [9.17, 15) is 4.79 Å². The largest absolute Gasteiger partial charge is 0.314 e. The Labute approximate surface area is 95.5 Å². The van der Waals surface area contributed by atoms with Crippen LogP contribution in [0.15, 0.2) is 30.5 Å². The van der Waals surface area contributed by atoms with Crippen molar-refractivity contribution in [1.29, 1.82) is 0 Å². The van der Waals surface area contributed by atoms with Crippen molar-refractivity contribution in [1.82, 2.24) is 4.57 Å². The first-order valence-corrected chi connectivity index (χ1v) is 5.34. The second-order valence-electron chi connectivity index (χ2n) is 4.17. The van der Waals surface area contributed by atoms with E-state index >= 15 is 0 Å². The zero-order valence-corrected chi connectivity index (χ0v) is 9.82. The van der Waals surface area contributed by atoms with Gasteiger partial charge in [-0.15, -0.1) is 0 Å². The lowest BCUT2D eigenvalue weighted by atomic mass is 10.0. The quantitative estimate of drug-likeness (QED) is 0.702. The van der Waals surface area contributed by atoms with Crippen molar-refractivity contribution in [2.45, 2.75) is 20.8 Å². The summed E-state index contributed by atoms with van der Waals surface area (Å²) in [6, 6.07) is 7.99. The van der Waals surface area contributed by atoms with Crippen molar-refractivity contribution in [3.63, 3.8) is 0 Å². The number of rotatable bonds is 2. The van der Waals surface area contributed by atoms with Crippen LogP contribution in [-0.2, 0) is 0 Å². The van der Waals surface area contributed by atoms with Gasteiger partial charge in [0, 0.05) is 6.20 Å². The third-order valence-corrected chi connectivity index (χ3v) is 2.78.